The second kappa shape index (κ2) is 6.78. The first-order chi connectivity index (χ1) is 11.1. The molecule has 1 aliphatic rings. The van der Waals surface area contributed by atoms with Gasteiger partial charge in [-0.3, -0.25) is 4.79 Å². The van der Waals surface area contributed by atoms with Crippen molar-refractivity contribution >= 4 is 5.91 Å². The lowest BCUT2D eigenvalue weighted by Crippen LogP contribution is -2.27. The number of carbonyl (C=O) groups is 1. The lowest BCUT2D eigenvalue weighted by molar-refractivity contribution is 0.0901. The molecule has 0 spiro atoms. The van der Waals surface area contributed by atoms with E-state index < -0.39 is 11.7 Å². The van der Waals surface area contributed by atoms with Gasteiger partial charge in [-0.1, -0.05) is 12.1 Å². The largest absolute Gasteiger partial charge is 0.504 e. The van der Waals surface area contributed by atoms with E-state index in [1.165, 1.54) is 18.3 Å². The lowest BCUT2D eigenvalue weighted by Gasteiger charge is -2.09. The van der Waals surface area contributed by atoms with E-state index in [4.69, 9.17) is 4.74 Å². The Labute approximate surface area is 132 Å². The van der Waals surface area contributed by atoms with Crippen LogP contribution in [-0.2, 0) is 4.74 Å². The fourth-order valence-electron chi connectivity index (χ4n) is 2.59. The number of nitrogens with one attached hydrogen (secondary N) is 1. The molecule has 7 heteroatoms. The summed E-state index contributed by atoms with van der Waals surface area (Å²) in [7, 11) is 0. The summed E-state index contributed by atoms with van der Waals surface area (Å²) in [6.45, 7) is 1.21. The number of amides is 1. The molecule has 0 bridgehead atoms. The van der Waals surface area contributed by atoms with Crippen molar-refractivity contribution in [2.24, 2.45) is 0 Å². The van der Waals surface area contributed by atoms with E-state index in [2.05, 4.69) is 10.4 Å². The molecule has 1 aromatic heterocycles. The highest BCUT2D eigenvalue weighted by atomic mass is 19.1. The summed E-state index contributed by atoms with van der Waals surface area (Å²) in [4.78, 5) is 12.1. The molecule has 3 rings (SSSR count). The standard InChI is InChI=1S/C16H18FN3O3/c17-12-5-1-2-6-13(12)20-10-14(21)15(19-20)16(22)18-8-7-11-4-3-9-23-11/h1-2,5-6,10-11,21H,3-4,7-9H2,(H,18,22). The third-order valence-corrected chi connectivity index (χ3v) is 3.79. The van der Waals surface area contributed by atoms with E-state index in [1.807, 2.05) is 0 Å². The highest BCUT2D eigenvalue weighted by Gasteiger charge is 2.19. The van der Waals surface area contributed by atoms with Crippen molar-refractivity contribution in [2.45, 2.75) is 25.4 Å². The molecule has 1 aromatic carbocycles. The van der Waals surface area contributed by atoms with Gasteiger partial charge < -0.3 is 15.2 Å². The Bertz CT molecular complexity index is 696. The molecule has 1 saturated heterocycles. The fraction of sp³-hybridized carbons (Fsp3) is 0.375. The van der Waals surface area contributed by atoms with Crippen LogP contribution >= 0.6 is 0 Å². The quantitative estimate of drug-likeness (QED) is 0.884. The highest BCUT2D eigenvalue weighted by Crippen LogP contribution is 2.20. The maximum absolute atomic E-state index is 13.7. The Kier molecular flexibility index (Phi) is 4.57. The van der Waals surface area contributed by atoms with Crippen molar-refractivity contribution in [3.8, 4) is 11.4 Å². The molecule has 2 heterocycles. The van der Waals surface area contributed by atoms with Crippen molar-refractivity contribution in [3.63, 3.8) is 0 Å². The summed E-state index contributed by atoms with van der Waals surface area (Å²) >= 11 is 0. The molecule has 1 unspecified atom stereocenters. The van der Waals surface area contributed by atoms with Crippen LogP contribution in [0, 0.1) is 5.82 Å². The van der Waals surface area contributed by atoms with Gasteiger partial charge in [0, 0.05) is 13.2 Å². The van der Waals surface area contributed by atoms with E-state index in [-0.39, 0.29) is 23.2 Å². The van der Waals surface area contributed by atoms with Gasteiger partial charge in [-0.15, -0.1) is 0 Å². The number of ether oxygens (including phenoxy) is 1. The van der Waals surface area contributed by atoms with E-state index >= 15 is 0 Å². The Morgan fingerprint density at radius 2 is 2.30 bits per heavy atom. The summed E-state index contributed by atoms with van der Waals surface area (Å²) in [5.74, 6) is -1.27. The Morgan fingerprint density at radius 1 is 1.48 bits per heavy atom. The molecule has 0 radical (unpaired) electrons. The van der Waals surface area contributed by atoms with Gasteiger partial charge in [0.05, 0.1) is 12.3 Å². The third kappa shape index (κ3) is 3.50. The molecule has 1 aliphatic heterocycles. The van der Waals surface area contributed by atoms with Gasteiger partial charge >= 0.3 is 0 Å². The van der Waals surface area contributed by atoms with Crippen LogP contribution in [0.25, 0.3) is 5.69 Å². The molecule has 1 atom stereocenters. The van der Waals surface area contributed by atoms with Gasteiger partial charge in [0.15, 0.2) is 11.4 Å². The number of carbonyl (C=O) groups excluding carboxylic acids is 1. The van der Waals surface area contributed by atoms with Gasteiger partial charge in [0.1, 0.15) is 11.5 Å². The molecule has 2 aromatic rings. The molecule has 1 fully saturated rings. The van der Waals surface area contributed by atoms with Gasteiger partial charge in [-0.2, -0.15) is 5.10 Å². The predicted octanol–water partition coefficient (Wildman–Crippen LogP) is 2.02. The maximum Gasteiger partial charge on any atom is 0.275 e. The number of aromatic hydroxyl groups is 1. The van der Waals surface area contributed by atoms with Crippen LogP contribution in [-0.4, -0.2) is 40.0 Å². The SMILES string of the molecule is O=C(NCCC1CCCO1)c1nn(-c2ccccc2F)cc1O. The van der Waals surface area contributed by atoms with E-state index in [1.54, 1.807) is 12.1 Å². The predicted molar refractivity (Wildman–Crippen MR) is 81.1 cm³/mol. The number of rotatable bonds is 5. The first-order valence-corrected chi connectivity index (χ1v) is 7.58. The summed E-state index contributed by atoms with van der Waals surface area (Å²) in [5, 5.41) is 16.5. The van der Waals surface area contributed by atoms with Crippen LogP contribution in [0.4, 0.5) is 4.39 Å². The first kappa shape index (κ1) is 15.5. The number of halogens is 1. The van der Waals surface area contributed by atoms with Crippen LogP contribution < -0.4 is 5.32 Å². The smallest absolute Gasteiger partial charge is 0.275 e. The van der Waals surface area contributed by atoms with E-state index in [9.17, 15) is 14.3 Å². The van der Waals surface area contributed by atoms with Crippen molar-refractivity contribution in [3.05, 3.63) is 42.0 Å². The van der Waals surface area contributed by atoms with Gasteiger partial charge in [-0.25, -0.2) is 9.07 Å². The van der Waals surface area contributed by atoms with Crippen molar-refractivity contribution in [1.29, 1.82) is 0 Å². The van der Waals surface area contributed by atoms with Crippen LogP contribution in [0.5, 0.6) is 5.75 Å². The van der Waals surface area contributed by atoms with Crippen LogP contribution in [0.1, 0.15) is 29.8 Å². The van der Waals surface area contributed by atoms with Crippen LogP contribution in [0.3, 0.4) is 0 Å². The van der Waals surface area contributed by atoms with E-state index in [0.717, 1.165) is 30.6 Å². The minimum atomic E-state index is -0.490. The monoisotopic (exact) mass is 319 g/mol. The normalized spacial score (nSPS) is 17.3. The first-order valence-electron chi connectivity index (χ1n) is 7.58. The number of nitrogens with zero attached hydrogens (tertiary/aromatic N) is 2. The van der Waals surface area contributed by atoms with E-state index in [0.29, 0.717) is 6.54 Å². The second-order valence-corrected chi connectivity index (χ2v) is 5.44. The Morgan fingerprint density at radius 3 is 3.04 bits per heavy atom. The molecular weight excluding hydrogens is 301 g/mol. The molecule has 0 saturated carbocycles. The summed E-state index contributed by atoms with van der Waals surface area (Å²) < 4.78 is 20.4. The number of hydrogen-bond acceptors (Lipinski definition) is 4. The molecule has 1 amide bonds. The summed E-state index contributed by atoms with van der Waals surface area (Å²) in [6.07, 6.45) is 4.17. The summed E-state index contributed by atoms with van der Waals surface area (Å²) in [6, 6.07) is 6.01. The highest BCUT2D eigenvalue weighted by molar-refractivity contribution is 5.94. The van der Waals surface area contributed by atoms with Crippen molar-refractivity contribution in [2.75, 3.05) is 13.2 Å². The lowest BCUT2D eigenvalue weighted by atomic mass is 10.2. The number of para-hydroxylation sites is 1. The maximum atomic E-state index is 13.7. The van der Waals surface area contributed by atoms with Crippen molar-refractivity contribution in [1.82, 2.24) is 15.1 Å². The van der Waals surface area contributed by atoms with Gasteiger partial charge in [0.2, 0.25) is 0 Å². The molecule has 23 heavy (non-hydrogen) atoms. The molecular formula is C16H18FN3O3. The topological polar surface area (TPSA) is 76.4 Å². The number of aromatic nitrogens is 2. The van der Waals surface area contributed by atoms with Crippen LogP contribution in [0.2, 0.25) is 0 Å². The average molecular weight is 319 g/mol. The minimum absolute atomic E-state index is 0.124. The zero-order valence-electron chi connectivity index (χ0n) is 12.5. The zero-order valence-corrected chi connectivity index (χ0v) is 12.5. The van der Waals surface area contributed by atoms with Crippen molar-refractivity contribution < 1.29 is 19.0 Å². The zero-order chi connectivity index (χ0) is 16.2. The second-order valence-electron chi connectivity index (χ2n) is 5.44. The minimum Gasteiger partial charge on any atom is -0.504 e. The fourth-order valence-corrected chi connectivity index (χ4v) is 2.59. The van der Waals surface area contributed by atoms with Gasteiger partial charge in [0.25, 0.3) is 5.91 Å². The Hall–Kier alpha value is -2.41. The molecule has 2 N–H and O–H groups in total. The third-order valence-electron chi connectivity index (χ3n) is 3.79. The number of benzene rings is 1. The Balaban J connectivity index is 1.65. The number of hydrogen-bond donors (Lipinski definition) is 2. The molecule has 0 aliphatic carbocycles. The summed E-state index contributed by atoms with van der Waals surface area (Å²) in [5.41, 5.74) is 0.0433. The molecule has 6 nitrogen and oxygen atoms in total. The van der Waals surface area contributed by atoms with Gasteiger partial charge in [-0.05, 0) is 31.4 Å². The molecule has 122 valence electrons. The average Bonchev–Trinajstić information content (AvgIpc) is 3.17. The van der Waals surface area contributed by atoms with Crippen LogP contribution in [0.15, 0.2) is 30.5 Å².